The van der Waals surface area contributed by atoms with Crippen molar-refractivity contribution in [2.24, 2.45) is 11.3 Å². The molecule has 0 aliphatic heterocycles. The van der Waals surface area contributed by atoms with Crippen LogP contribution in [0.25, 0.3) is 0 Å². The Balaban J connectivity index is 2.56. The Hall–Kier alpha value is -2.43. The summed E-state index contributed by atoms with van der Waals surface area (Å²) in [6, 6.07) is 14.8. The number of sulfone groups is 1. The highest BCUT2D eigenvalue weighted by Gasteiger charge is 2.42. The van der Waals surface area contributed by atoms with Crippen LogP contribution < -0.4 is 9.57 Å². The van der Waals surface area contributed by atoms with E-state index in [1.807, 2.05) is 51.1 Å². The third kappa shape index (κ3) is 9.12. The van der Waals surface area contributed by atoms with Gasteiger partial charge in [-0.2, -0.15) is 0 Å². The minimum absolute atomic E-state index is 0.0346. The Morgan fingerprint density at radius 1 is 1.03 bits per heavy atom. The van der Waals surface area contributed by atoms with Gasteiger partial charge in [-0.3, -0.25) is 9.80 Å². The summed E-state index contributed by atoms with van der Waals surface area (Å²) in [4.78, 5) is 16.7. The van der Waals surface area contributed by atoms with E-state index in [9.17, 15) is 21.6 Å². The normalized spacial score (nSPS) is 14.7. The highest BCUT2D eigenvalue weighted by molar-refractivity contribution is 7.90. The number of hydrogen-bond acceptors (Lipinski definition) is 6. The molecule has 0 saturated carbocycles. The number of carbonyl (C=O) groups is 1. The maximum atomic E-state index is 14.2. The highest BCUT2D eigenvalue weighted by atomic mass is 32.2. The molecule has 0 spiro atoms. The fourth-order valence-corrected chi connectivity index (χ4v) is 6.76. The zero-order chi connectivity index (χ0) is 27.9. The standard InChI is InChI=1S/C27H40N2O6S2/c1-7-23(19-22-11-9-8-10-12-22)29(28-37(33,34)25-15-13-24(35-5)14-16-25)26(30)27(4,18-17-21(2)3)20-36(6,31)32/h8-16,21,23,28H,7,17-20H2,1-6H3. The lowest BCUT2D eigenvalue weighted by Crippen LogP contribution is -2.58. The Morgan fingerprint density at radius 3 is 2.11 bits per heavy atom. The molecule has 0 aliphatic rings. The molecule has 37 heavy (non-hydrogen) atoms. The van der Waals surface area contributed by atoms with Gasteiger partial charge in [0.1, 0.15) is 15.6 Å². The molecule has 2 atom stereocenters. The quantitative estimate of drug-likeness (QED) is 0.351. The number of carbonyl (C=O) groups excluding carboxylic acids is 1. The zero-order valence-corrected chi connectivity index (χ0v) is 24.2. The number of methoxy groups -OCH3 is 1. The molecule has 2 aromatic rings. The smallest absolute Gasteiger partial charge is 0.257 e. The molecule has 0 saturated heterocycles. The molecule has 0 radical (unpaired) electrons. The van der Waals surface area contributed by atoms with E-state index in [2.05, 4.69) is 4.83 Å². The van der Waals surface area contributed by atoms with Gasteiger partial charge in [-0.15, -0.1) is 4.83 Å². The molecule has 206 valence electrons. The van der Waals surface area contributed by atoms with Gasteiger partial charge in [0.25, 0.3) is 10.0 Å². The van der Waals surface area contributed by atoms with Crippen molar-refractivity contribution in [1.82, 2.24) is 9.84 Å². The van der Waals surface area contributed by atoms with Gasteiger partial charge in [-0.1, -0.05) is 51.1 Å². The third-order valence-corrected chi connectivity index (χ3v) is 8.82. The van der Waals surface area contributed by atoms with Gasteiger partial charge in [0.15, 0.2) is 0 Å². The van der Waals surface area contributed by atoms with E-state index in [4.69, 9.17) is 4.74 Å². The molecule has 2 rings (SSSR count). The largest absolute Gasteiger partial charge is 0.497 e. The predicted molar refractivity (Wildman–Crippen MR) is 146 cm³/mol. The summed E-state index contributed by atoms with van der Waals surface area (Å²) in [5.41, 5.74) is -0.382. The number of hydrazine groups is 1. The highest BCUT2D eigenvalue weighted by Crippen LogP contribution is 2.32. The van der Waals surface area contributed by atoms with Crippen molar-refractivity contribution in [3.8, 4) is 5.75 Å². The Bertz CT molecular complexity index is 1230. The van der Waals surface area contributed by atoms with Crippen LogP contribution in [0.4, 0.5) is 0 Å². The van der Waals surface area contributed by atoms with Crippen molar-refractivity contribution in [1.29, 1.82) is 0 Å². The average molecular weight is 553 g/mol. The fourth-order valence-electron chi connectivity index (χ4n) is 4.24. The number of amides is 1. The number of nitrogens with one attached hydrogen (secondary N) is 1. The average Bonchev–Trinajstić information content (AvgIpc) is 2.84. The molecule has 2 unspecified atom stereocenters. The molecule has 2 aromatic carbocycles. The van der Waals surface area contributed by atoms with E-state index in [-0.39, 0.29) is 16.6 Å². The Labute approximate surface area is 222 Å². The van der Waals surface area contributed by atoms with Crippen molar-refractivity contribution < 1.29 is 26.4 Å². The van der Waals surface area contributed by atoms with Crippen molar-refractivity contribution in [3.63, 3.8) is 0 Å². The second kappa shape index (κ2) is 12.9. The topological polar surface area (TPSA) is 110 Å². The first-order valence-electron chi connectivity index (χ1n) is 12.4. The summed E-state index contributed by atoms with van der Waals surface area (Å²) in [7, 11) is -6.22. The van der Waals surface area contributed by atoms with Crippen LogP contribution in [0.2, 0.25) is 0 Å². The molecule has 0 heterocycles. The van der Waals surface area contributed by atoms with Crippen LogP contribution in [0.5, 0.6) is 5.75 Å². The van der Waals surface area contributed by atoms with Crippen molar-refractivity contribution >= 4 is 25.8 Å². The molecular formula is C27H40N2O6S2. The summed E-state index contributed by atoms with van der Waals surface area (Å²) in [5.74, 6) is -0.202. The van der Waals surface area contributed by atoms with E-state index >= 15 is 0 Å². The van der Waals surface area contributed by atoms with Crippen molar-refractivity contribution in [3.05, 3.63) is 60.2 Å². The fraction of sp³-hybridized carbons (Fsp3) is 0.519. The van der Waals surface area contributed by atoms with Gasteiger partial charge in [0, 0.05) is 6.26 Å². The van der Waals surface area contributed by atoms with E-state index in [0.29, 0.717) is 31.4 Å². The van der Waals surface area contributed by atoms with Crippen LogP contribution in [0.3, 0.4) is 0 Å². The van der Waals surface area contributed by atoms with Gasteiger partial charge in [0.05, 0.1) is 29.2 Å². The second-order valence-electron chi connectivity index (χ2n) is 10.3. The molecule has 8 nitrogen and oxygen atoms in total. The minimum Gasteiger partial charge on any atom is -0.497 e. The molecule has 0 bridgehead atoms. The van der Waals surface area contributed by atoms with Gasteiger partial charge in [-0.05, 0) is 68.4 Å². The summed E-state index contributed by atoms with van der Waals surface area (Å²) in [6.45, 7) is 7.49. The van der Waals surface area contributed by atoms with Gasteiger partial charge in [-0.25, -0.2) is 16.8 Å². The van der Waals surface area contributed by atoms with Crippen LogP contribution in [0.1, 0.15) is 52.5 Å². The summed E-state index contributed by atoms with van der Waals surface area (Å²) < 4.78 is 56.8. The SMILES string of the molecule is CCC(Cc1ccccc1)N(NS(=O)(=O)c1ccc(OC)cc1)C(=O)C(C)(CCC(C)C)CS(C)(=O)=O. The Kier molecular flexibility index (Phi) is 10.7. The van der Waals surface area contributed by atoms with Crippen molar-refractivity contribution in [2.75, 3.05) is 19.1 Å². The lowest BCUT2D eigenvalue weighted by Gasteiger charge is -2.38. The van der Waals surface area contributed by atoms with E-state index in [1.165, 1.54) is 31.4 Å². The first kappa shape index (κ1) is 30.8. The third-order valence-electron chi connectivity index (χ3n) is 6.33. The summed E-state index contributed by atoms with van der Waals surface area (Å²) >= 11 is 0. The number of nitrogens with zero attached hydrogens (tertiary/aromatic N) is 1. The summed E-state index contributed by atoms with van der Waals surface area (Å²) in [6.07, 6.45) is 2.87. The minimum atomic E-state index is -4.16. The maximum Gasteiger partial charge on any atom is 0.257 e. The number of ether oxygens (including phenoxy) is 1. The lowest BCUT2D eigenvalue weighted by atomic mass is 9.83. The number of benzene rings is 2. The first-order chi connectivity index (χ1) is 17.2. The Morgan fingerprint density at radius 2 is 1.62 bits per heavy atom. The van der Waals surface area contributed by atoms with Crippen LogP contribution in [-0.2, 0) is 31.1 Å². The molecule has 1 amide bonds. The van der Waals surface area contributed by atoms with Crippen LogP contribution in [-0.4, -0.2) is 52.9 Å². The van der Waals surface area contributed by atoms with Gasteiger partial charge >= 0.3 is 0 Å². The van der Waals surface area contributed by atoms with Crippen LogP contribution in [0.15, 0.2) is 59.5 Å². The summed E-state index contributed by atoms with van der Waals surface area (Å²) in [5, 5.41) is 1.15. The maximum absolute atomic E-state index is 14.2. The van der Waals surface area contributed by atoms with Crippen molar-refractivity contribution in [2.45, 2.75) is 64.3 Å². The molecule has 10 heteroatoms. The van der Waals surface area contributed by atoms with E-state index in [0.717, 1.165) is 16.8 Å². The zero-order valence-electron chi connectivity index (χ0n) is 22.6. The molecule has 0 aromatic heterocycles. The number of hydrogen-bond donors (Lipinski definition) is 1. The van der Waals surface area contributed by atoms with E-state index < -0.39 is 37.2 Å². The number of sulfonamides is 1. The van der Waals surface area contributed by atoms with E-state index in [1.54, 1.807) is 6.92 Å². The second-order valence-corrected chi connectivity index (χ2v) is 14.1. The van der Waals surface area contributed by atoms with Crippen LogP contribution >= 0.6 is 0 Å². The lowest BCUT2D eigenvalue weighted by molar-refractivity contribution is -0.145. The first-order valence-corrected chi connectivity index (χ1v) is 16.0. The number of rotatable bonds is 14. The molecule has 0 fully saturated rings. The molecule has 1 N–H and O–H groups in total. The molecule has 0 aliphatic carbocycles. The predicted octanol–water partition coefficient (Wildman–Crippen LogP) is 4.23. The van der Waals surface area contributed by atoms with Gasteiger partial charge in [0.2, 0.25) is 5.91 Å². The van der Waals surface area contributed by atoms with Crippen LogP contribution in [0, 0.1) is 11.3 Å². The van der Waals surface area contributed by atoms with Gasteiger partial charge < -0.3 is 4.74 Å². The monoisotopic (exact) mass is 552 g/mol. The molecular weight excluding hydrogens is 512 g/mol.